The van der Waals surface area contributed by atoms with Crippen molar-refractivity contribution in [2.75, 3.05) is 36.4 Å². The first-order chi connectivity index (χ1) is 14.9. The highest BCUT2D eigenvalue weighted by Crippen LogP contribution is 2.35. The summed E-state index contributed by atoms with van der Waals surface area (Å²) in [7, 11) is 0. The van der Waals surface area contributed by atoms with Crippen LogP contribution in [0.15, 0.2) is 59.0 Å². The lowest BCUT2D eigenvalue weighted by Gasteiger charge is -2.36. The number of rotatable bonds is 4. The van der Waals surface area contributed by atoms with Crippen LogP contribution in [0.3, 0.4) is 0 Å². The minimum Gasteiger partial charge on any atom is -0.451 e. The van der Waals surface area contributed by atoms with Gasteiger partial charge >= 0.3 is 0 Å². The third-order valence-corrected chi connectivity index (χ3v) is 5.88. The van der Waals surface area contributed by atoms with E-state index in [0.29, 0.717) is 47.7 Å². The monoisotopic (exact) mass is 457 g/mol. The average Bonchev–Trinajstić information content (AvgIpc) is 3.24. The van der Waals surface area contributed by atoms with Gasteiger partial charge in [-0.15, -0.1) is 0 Å². The van der Waals surface area contributed by atoms with Gasteiger partial charge in [0.25, 0.3) is 5.91 Å². The minimum absolute atomic E-state index is 0.0551. The Morgan fingerprint density at radius 2 is 1.61 bits per heavy atom. The molecule has 6 nitrogen and oxygen atoms in total. The molecule has 2 heterocycles. The molecule has 1 saturated heterocycles. The first-order valence-electron chi connectivity index (χ1n) is 9.89. The topological polar surface area (TPSA) is 65.8 Å². The molecule has 8 heteroatoms. The van der Waals surface area contributed by atoms with E-state index in [1.165, 1.54) is 0 Å². The fraction of sp³-hybridized carbons (Fsp3) is 0.217. The Bertz CT molecular complexity index is 1120. The fourth-order valence-corrected chi connectivity index (χ4v) is 4.16. The van der Waals surface area contributed by atoms with Gasteiger partial charge in [0.2, 0.25) is 5.91 Å². The van der Waals surface area contributed by atoms with Gasteiger partial charge in [-0.1, -0.05) is 41.4 Å². The summed E-state index contributed by atoms with van der Waals surface area (Å²) >= 11 is 12.7. The van der Waals surface area contributed by atoms with Crippen LogP contribution in [0.5, 0.6) is 0 Å². The third kappa shape index (κ3) is 4.55. The van der Waals surface area contributed by atoms with E-state index in [2.05, 4.69) is 10.2 Å². The number of amides is 2. The van der Waals surface area contributed by atoms with Gasteiger partial charge in [0.15, 0.2) is 5.76 Å². The van der Waals surface area contributed by atoms with E-state index in [-0.39, 0.29) is 17.6 Å². The molecule has 1 N–H and O–H groups in total. The zero-order valence-electron chi connectivity index (χ0n) is 16.9. The number of carbonyl (C=O) groups excluding carboxylic acids is 2. The number of benzene rings is 2. The quantitative estimate of drug-likeness (QED) is 0.586. The highest BCUT2D eigenvalue weighted by molar-refractivity contribution is 6.34. The van der Waals surface area contributed by atoms with Gasteiger partial charge < -0.3 is 19.5 Å². The molecule has 0 bridgehead atoms. The molecule has 1 aliphatic rings. The van der Waals surface area contributed by atoms with Crippen LogP contribution >= 0.6 is 23.2 Å². The maximum Gasteiger partial charge on any atom is 0.291 e. The molecular formula is C23H21Cl2N3O3. The van der Waals surface area contributed by atoms with E-state index in [4.69, 9.17) is 27.6 Å². The van der Waals surface area contributed by atoms with E-state index in [1.54, 1.807) is 48.2 Å². The lowest BCUT2D eigenvalue weighted by Crippen LogP contribution is -2.48. The van der Waals surface area contributed by atoms with Crippen molar-refractivity contribution in [1.29, 1.82) is 0 Å². The SMILES string of the molecule is CC(=O)N1CCN(c2c(Cl)cccc2NC(=O)c2ccc(-c3ccccc3Cl)o2)CC1. The van der Waals surface area contributed by atoms with Crippen molar-refractivity contribution in [3.63, 3.8) is 0 Å². The van der Waals surface area contributed by atoms with Crippen LogP contribution in [-0.2, 0) is 4.79 Å². The molecule has 1 aromatic heterocycles. The van der Waals surface area contributed by atoms with Gasteiger partial charge in [-0.25, -0.2) is 0 Å². The second kappa shape index (κ2) is 9.04. The second-order valence-electron chi connectivity index (χ2n) is 7.23. The van der Waals surface area contributed by atoms with E-state index < -0.39 is 0 Å². The molecule has 0 radical (unpaired) electrons. The van der Waals surface area contributed by atoms with Crippen molar-refractivity contribution in [2.24, 2.45) is 0 Å². The molecule has 0 saturated carbocycles. The Morgan fingerprint density at radius 1 is 0.903 bits per heavy atom. The molecule has 0 unspecified atom stereocenters. The summed E-state index contributed by atoms with van der Waals surface area (Å²) in [5.41, 5.74) is 2.04. The zero-order valence-corrected chi connectivity index (χ0v) is 18.4. The number of hydrogen-bond donors (Lipinski definition) is 1. The lowest BCUT2D eigenvalue weighted by molar-refractivity contribution is -0.129. The number of anilines is 2. The van der Waals surface area contributed by atoms with Gasteiger partial charge in [0, 0.05) is 38.7 Å². The molecule has 4 rings (SSSR count). The van der Waals surface area contributed by atoms with Crippen LogP contribution in [0, 0.1) is 0 Å². The van der Waals surface area contributed by atoms with Gasteiger partial charge in [0.1, 0.15) is 5.76 Å². The Hall–Kier alpha value is -2.96. The smallest absolute Gasteiger partial charge is 0.291 e. The van der Waals surface area contributed by atoms with E-state index in [1.807, 2.05) is 18.2 Å². The van der Waals surface area contributed by atoms with Crippen molar-refractivity contribution in [1.82, 2.24) is 4.90 Å². The number of piperazine rings is 1. The molecule has 1 aliphatic heterocycles. The van der Waals surface area contributed by atoms with Crippen LogP contribution in [0.1, 0.15) is 17.5 Å². The Labute approximate surface area is 190 Å². The third-order valence-electron chi connectivity index (χ3n) is 5.25. The average molecular weight is 458 g/mol. The largest absolute Gasteiger partial charge is 0.451 e. The van der Waals surface area contributed by atoms with Crippen molar-refractivity contribution in [3.05, 3.63) is 70.4 Å². The van der Waals surface area contributed by atoms with Crippen LogP contribution < -0.4 is 10.2 Å². The molecule has 0 aliphatic carbocycles. The summed E-state index contributed by atoms with van der Waals surface area (Å²) in [6.07, 6.45) is 0. The number of halogens is 2. The van der Waals surface area contributed by atoms with Gasteiger partial charge in [0.05, 0.1) is 21.4 Å². The molecule has 160 valence electrons. The van der Waals surface area contributed by atoms with Crippen molar-refractivity contribution in [3.8, 4) is 11.3 Å². The molecule has 31 heavy (non-hydrogen) atoms. The van der Waals surface area contributed by atoms with Crippen LogP contribution in [-0.4, -0.2) is 42.9 Å². The first-order valence-corrected chi connectivity index (χ1v) is 10.6. The summed E-state index contributed by atoms with van der Waals surface area (Å²) in [4.78, 5) is 28.4. The summed E-state index contributed by atoms with van der Waals surface area (Å²) in [5, 5.41) is 3.99. The molecule has 1 fully saturated rings. The van der Waals surface area contributed by atoms with Gasteiger partial charge in [-0.2, -0.15) is 0 Å². The predicted molar refractivity (Wildman–Crippen MR) is 123 cm³/mol. The Morgan fingerprint density at radius 3 is 2.32 bits per heavy atom. The molecule has 2 amide bonds. The van der Waals surface area contributed by atoms with Crippen molar-refractivity contribution >= 4 is 46.4 Å². The number of para-hydroxylation sites is 1. The predicted octanol–water partition coefficient (Wildman–Crippen LogP) is 5.17. The normalized spacial score (nSPS) is 13.9. The summed E-state index contributed by atoms with van der Waals surface area (Å²) in [6.45, 7) is 4.03. The molecule has 3 aromatic rings. The summed E-state index contributed by atoms with van der Waals surface area (Å²) in [6, 6.07) is 16.0. The molecule has 0 spiro atoms. The lowest BCUT2D eigenvalue weighted by atomic mass is 10.2. The van der Waals surface area contributed by atoms with E-state index in [0.717, 1.165) is 11.3 Å². The van der Waals surface area contributed by atoms with Crippen molar-refractivity contribution in [2.45, 2.75) is 6.92 Å². The van der Waals surface area contributed by atoms with Crippen LogP contribution in [0.4, 0.5) is 11.4 Å². The number of hydrogen-bond acceptors (Lipinski definition) is 4. The van der Waals surface area contributed by atoms with Crippen molar-refractivity contribution < 1.29 is 14.0 Å². The number of nitrogens with one attached hydrogen (secondary N) is 1. The molecular weight excluding hydrogens is 437 g/mol. The Kier molecular flexibility index (Phi) is 6.20. The van der Waals surface area contributed by atoms with E-state index >= 15 is 0 Å². The molecule has 2 aromatic carbocycles. The maximum atomic E-state index is 12.9. The maximum absolute atomic E-state index is 12.9. The van der Waals surface area contributed by atoms with Crippen LogP contribution in [0.2, 0.25) is 10.0 Å². The van der Waals surface area contributed by atoms with Gasteiger partial charge in [-0.3, -0.25) is 9.59 Å². The first kappa shape index (κ1) is 21.3. The fourth-order valence-electron chi connectivity index (χ4n) is 3.63. The highest BCUT2D eigenvalue weighted by atomic mass is 35.5. The highest BCUT2D eigenvalue weighted by Gasteiger charge is 2.24. The van der Waals surface area contributed by atoms with E-state index in [9.17, 15) is 9.59 Å². The van der Waals surface area contributed by atoms with Gasteiger partial charge in [-0.05, 0) is 36.4 Å². The van der Waals surface area contributed by atoms with Crippen LogP contribution in [0.25, 0.3) is 11.3 Å². The minimum atomic E-state index is -0.385. The summed E-state index contributed by atoms with van der Waals surface area (Å²) in [5.74, 6) is 0.355. The standard InChI is InChI=1S/C23H21Cl2N3O3/c1-15(29)27-11-13-28(14-12-27)22-18(25)7-4-8-19(22)26-23(30)21-10-9-20(31-21)16-5-2-3-6-17(16)24/h2-10H,11-14H2,1H3,(H,26,30). The number of nitrogens with zero attached hydrogens (tertiary/aromatic N) is 2. The second-order valence-corrected chi connectivity index (χ2v) is 8.04. The Balaban J connectivity index is 1.54. The zero-order chi connectivity index (χ0) is 22.0. The molecule has 0 atom stereocenters. The summed E-state index contributed by atoms with van der Waals surface area (Å²) < 4.78 is 5.75. The number of furan rings is 1. The number of carbonyl (C=O) groups is 2.